The van der Waals surface area contributed by atoms with Crippen molar-refractivity contribution in [3.05, 3.63) is 23.8 Å². The molecular formula is C13H18N2O2. The maximum atomic E-state index is 12.0. The van der Waals surface area contributed by atoms with Gasteiger partial charge in [0.1, 0.15) is 6.61 Å². The molecule has 1 aromatic rings. The highest BCUT2D eigenvalue weighted by Crippen LogP contribution is 2.29. The Kier molecular flexibility index (Phi) is 3.33. The maximum absolute atomic E-state index is 12.0. The van der Waals surface area contributed by atoms with E-state index in [1.807, 2.05) is 32.0 Å². The van der Waals surface area contributed by atoms with Crippen molar-refractivity contribution in [2.75, 3.05) is 23.8 Å². The Labute approximate surface area is 101 Å². The minimum Gasteiger partial charge on any atom is -0.399 e. The predicted molar refractivity (Wildman–Crippen MR) is 68.0 cm³/mol. The number of benzene rings is 1. The smallest absolute Gasteiger partial charge is 0.253 e. The molecule has 0 bridgehead atoms. The Hall–Kier alpha value is -1.55. The highest BCUT2D eigenvalue weighted by Gasteiger charge is 2.24. The molecule has 1 aliphatic heterocycles. The summed E-state index contributed by atoms with van der Waals surface area (Å²) >= 11 is 0. The Morgan fingerprint density at radius 1 is 1.53 bits per heavy atom. The molecule has 4 heteroatoms. The van der Waals surface area contributed by atoms with Crippen LogP contribution in [0.5, 0.6) is 0 Å². The third-order valence-electron chi connectivity index (χ3n) is 2.84. The molecule has 2 N–H and O–H groups in total. The Bertz CT molecular complexity index is 429. The number of hydrogen-bond acceptors (Lipinski definition) is 3. The van der Waals surface area contributed by atoms with E-state index in [0.717, 1.165) is 29.9 Å². The Morgan fingerprint density at radius 3 is 3.00 bits per heavy atom. The zero-order valence-corrected chi connectivity index (χ0v) is 10.3. The number of nitrogens with two attached hydrogens (primary N) is 1. The number of hydrogen-bond donors (Lipinski definition) is 1. The van der Waals surface area contributed by atoms with Crippen LogP contribution in [0.15, 0.2) is 18.2 Å². The number of carbonyl (C=O) groups is 1. The molecule has 1 heterocycles. The maximum Gasteiger partial charge on any atom is 0.253 e. The number of ether oxygens (including phenoxy) is 1. The van der Waals surface area contributed by atoms with Crippen LogP contribution in [0.2, 0.25) is 0 Å². The lowest BCUT2D eigenvalue weighted by Crippen LogP contribution is -2.33. The first-order chi connectivity index (χ1) is 8.08. The van der Waals surface area contributed by atoms with E-state index in [1.54, 1.807) is 4.90 Å². The predicted octanol–water partition coefficient (Wildman–Crippen LogP) is 1.58. The van der Waals surface area contributed by atoms with Crippen LogP contribution < -0.4 is 10.6 Å². The van der Waals surface area contributed by atoms with Gasteiger partial charge >= 0.3 is 0 Å². The minimum atomic E-state index is 0.0159. The first-order valence-corrected chi connectivity index (χ1v) is 5.88. The van der Waals surface area contributed by atoms with Gasteiger partial charge in [0.2, 0.25) is 0 Å². The number of fused-ring (bicyclic) bond motifs is 1. The zero-order chi connectivity index (χ0) is 12.4. The number of amides is 1. The molecule has 1 amide bonds. The van der Waals surface area contributed by atoms with E-state index in [0.29, 0.717) is 0 Å². The second kappa shape index (κ2) is 4.75. The number of anilines is 2. The van der Waals surface area contributed by atoms with E-state index < -0.39 is 0 Å². The summed E-state index contributed by atoms with van der Waals surface area (Å²) in [6.45, 7) is 4.71. The van der Waals surface area contributed by atoms with Gasteiger partial charge in [0, 0.05) is 17.9 Å². The lowest BCUT2D eigenvalue weighted by molar-refractivity contribution is -0.124. The van der Waals surface area contributed by atoms with E-state index >= 15 is 0 Å². The molecule has 1 aliphatic rings. The number of carbonyl (C=O) groups excluding carboxylic acids is 1. The van der Waals surface area contributed by atoms with Crippen molar-refractivity contribution in [2.24, 2.45) is 0 Å². The number of nitrogens with zero attached hydrogens (tertiary/aromatic N) is 1. The normalized spacial score (nSPS) is 14.2. The van der Waals surface area contributed by atoms with Crippen LogP contribution in [0, 0.1) is 0 Å². The molecule has 0 atom stereocenters. The molecular weight excluding hydrogens is 216 g/mol. The van der Waals surface area contributed by atoms with E-state index in [-0.39, 0.29) is 18.6 Å². The van der Waals surface area contributed by atoms with Crippen LogP contribution in [0.3, 0.4) is 0 Å². The van der Waals surface area contributed by atoms with Crippen LogP contribution in [0.4, 0.5) is 11.4 Å². The lowest BCUT2D eigenvalue weighted by Gasteiger charge is -2.18. The third-order valence-corrected chi connectivity index (χ3v) is 2.84. The van der Waals surface area contributed by atoms with Crippen LogP contribution >= 0.6 is 0 Å². The van der Waals surface area contributed by atoms with Gasteiger partial charge in [0.15, 0.2) is 0 Å². The molecule has 0 saturated heterocycles. The van der Waals surface area contributed by atoms with Crippen LogP contribution in [-0.4, -0.2) is 25.2 Å². The standard InChI is InChI=1S/C13H18N2O2/c1-9(2)17-8-13(16)15-6-5-10-7-11(14)3-4-12(10)15/h3-4,7,9H,5-6,8,14H2,1-2H3. The minimum absolute atomic E-state index is 0.0159. The molecule has 0 radical (unpaired) electrons. The van der Waals surface area contributed by atoms with Gasteiger partial charge in [-0.15, -0.1) is 0 Å². The number of nitrogen functional groups attached to an aromatic ring is 1. The highest BCUT2D eigenvalue weighted by molar-refractivity contribution is 5.96. The summed E-state index contributed by atoms with van der Waals surface area (Å²) < 4.78 is 5.34. The van der Waals surface area contributed by atoms with Crippen molar-refractivity contribution >= 4 is 17.3 Å². The van der Waals surface area contributed by atoms with Crippen molar-refractivity contribution in [1.82, 2.24) is 0 Å². The average Bonchev–Trinajstić information content (AvgIpc) is 2.68. The fourth-order valence-corrected chi connectivity index (χ4v) is 2.00. The van der Waals surface area contributed by atoms with Gasteiger partial charge in [-0.3, -0.25) is 4.79 Å². The fraction of sp³-hybridized carbons (Fsp3) is 0.462. The molecule has 0 unspecified atom stereocenters. The summed E-state index contributed by atoms with van der Waals surface area (Å²) in [6.07, 6.45) is 0.945. The summed E-state index contributed by atoms with van der Waals surface area (Å²) in [7, 11) is 0. The molecule has 1 aromatic carbocycles. The summed E-state index contributed by atoms with van der Waals surface area (Å²) in [5.74, 6) is 0.0159. The molecule has 0 spiro atoms. The molecule has 92 valence electrons. The molecule has 4 nitrogen and oxygen atoms in total. The number of rotatable bonds is 3. The average molecular weight is 234 g/mol. The van der Waals surface area contributed by atoms with Crippen molar-refractivity contribution in [3.8, 4) is 0 Å². The van der Waals surface area contributed by atoms with E-state index in [2.05, 4.69) is 0 Å². The van der Waals surface area contributed by atoms with Crippen LogP contribution in [-0.2, 0) is 16.0 Å². The van der Waals surface area contributed by atoms with E-state index in [1.165, 1.54) is 0 Å². The Morgan fingerprint density at radius 2 is 2.29 bits per heavy atom. The van der Waals surface area contributed by atoms with Gasteiger partial charge in [0.05, 0.1) is 6.10 Å². The van der Waals surface area contributed by atoms with Crippen molar-refractivity contribution < 1.29 is 9.53 Å². The Balaban J connectivity index is 2.08. The first kappa shape index (κ1) is 11.9. The van der Waals surface area contributed by atoms with Crippen LogP contribution in [0.1, 0.15) is 19.4 Å². The quantitative estimate of drug-likeness (QED) is 0.808. The molecule has 0 saturated carbocycles. The lowest BCUT2D eigenvalue weighted by atomic mass is 10.1. The zero-order valence-electron chi connectivity index (χ0n) is 10.3. The summed E-state index contributed by atoms with van der Waals surface area (Å²) in [6, 6.07) is 5.67. The molecule has 0 aliphatic carbocycles. The third kappa shape index (κ3) is 2.58. The van der Waals surface area contributed by atoms with Gasteiger partial charge in [0.25, 0.3) is 5.91 Å². The molecule has 2 rings (SSSR count). The van der Waals surface area contributed by atoms with Gasteiger partial charge in [-0.2, -0.15) is 0 Å². The van der Waals surface area contributed by atoms with Crippen molar-refractivity contribution in [1.29, 1.82) is 0 Å². The second-order valence-corrected chi connectivity index (χ2v) is 4.54. The SMILES string of the molecule is CC(C)OCC(=O)N1CCc2cc(N)ccc21. The van der Waals surface area contributed by atoms with E-state index in [4.69, 9.17) is 10.5 Å². The monoisotopic (exact) mass is 234 g/mol. The van der Waals surface area contributed by atoms with E-state index in [9.17, 15) is 4.79 Å². The molecule has 0 fully saturated rings. The molecule has 17 heavy (non-hydrogen) atoms. The van der Waals surface area contributed by atoms with Gasteiger partial charge in [-0.1, -0.05) is 0 Å². The van der Waals surface area contributed by atoms with Gasteiger partial charge in [-0.05, 0) is 44.0 Å². The van der Waals surface area contributed by atoms with Crippen LogP contribution in [0.25, 0.3) is 0 Å². The fourth-order valence-electron chi connectivity index (χ4n) is 2.00. The summed E-state index contributed by atoms with van der Waals surface area (Å²) in [5, 5.41) is 0. The topological polar surface area (TPSA) is 55.6 Å². The highest BCUT2D eigenvalue weighted by atomic mass is 16.5. The second-order valence-electron chi connectivity index (χ2n) is 4.54. The first-order valence-electron chi connectivity index (χ1n) is 5.88. The van der Waals surface area contributed by atoms with Gasteiger partial charge in [-0.25, -0.2) is 0 Å². The van der Waals surface area contributed by atoms with Gasteiger partial charge < -0.3 is 15.4 Å². The summed E-state index contributed by atoms with van der Waals surface area (Å²) in [4.78, 5) is 13.7. The molecule has 0 aromatic heterocycles. The largest absolute Gasteiger partial charge is 0.399 e. The van der Waals surface area contributed by atoms with Crippen molar-refractivity contribution in [2.45, 2.75) is 26.4 Å². The summed E-state index contributed by atoms with van der Waals surface area (Å²) in [5.41, 5.74) is 8.58. The van der Waals surface area contributed by atoms with Crippen molar-refractivity contribution in [3.63, 3.8) is 0 Å².